The van der Waals surface area contributed by atoms with Crippen LogP contribution in [-0.4, -0.2) is 33.1 Å². The van der Waals surface area contributed by atoms with Crippen molar-refractivity contribution in [3.63, 3.8) is 0 Å². The zero-order valence-corrected chi connectivity index (χ0v) is 12.5. The summed E-state index contributed by atoms with van der Waals surface area (Å²) in [4.78, 5) is 12.6. The van der Waals surface area contributed by atoms with E-state index in [0.717, 1.165) is 0 Å². The van der Waals surface area contributed by atoms with Gasteiger partial charge in [-0.1, -0.05) is 29.3 Å². The second kappa shape index (κ2) is 5.26. The highest BCUT2D eigenvalue weighted by Gasteiger charge is 2.41. The first-order valence-corrected chi connectivity index (χ1v) is 7.18. The molecule has 0 aliphatic carbocycles. The number of hydrogen-bond donors (Lipinski definition) is 2. The zero-order chi connectivity index (χ0) is 15.3. The smallest absolute Gasteiger partial charge is 0.262 e. The van der Waals surface area contributed by atoms with Crippen LogP contribution in [0.3, 0.4) is 0 Å². The van der Waals surface area contributed by atoms with Crippen molar-refractivity contribution in [2.75, 3.05) is 0 Å². The van der Waals surface area contributed by atoms with E-state index in [1.807, 2.05) is 0 Å². The molecule has 4 atom stereocenters. The van der Waals surface area contributed by atoms with Crippen LogP contribution < -0.4 is 5.56 Å². The molecular formula is C14H13Cl2NO4. The Bertz CT molecular complexity index is 760. The topological polar surface area (TPSA) is 71.7 Å². The number of rotatable bonds is 1. The molecule has 5 nitrogen and oxygen atoms in total. The molecule has 0 amide bonds. The van der Waals surface area contributed by atoms with Crippen molar-refractivity contribution in [2.45, 2.75) is 31.5 Å². The summed E-state index contributed by atoms with van der Waals surface area (Å²) in [6, 6.07) is 4.99. The van der Waals surface area contributed by atoms with E-state index in [9.17, 15) is 15.0 Å². The highest BCUT2D eigenvalue weighted by atomic mass is 35.5. The predicted octanol–water partition coefficient (Wildman–Crippen LogP) is 1.95. The Kier molecular flexibility index (Phi) is 3.71. The van der Waals surface area contributed by atoms with Gasteiger partial charge in [-0.05, 0) is 24.4 Å². The second-order valence-corrected chi connectivity index (χ2v) is 5.85. The van der Waals surface area contributed by atoms with Crippen LogP contribution in [0.2, 0.25) is 10.0 Å². The Balaban J connectivity index is 2.20. The Morgan fingerprint density at radius 1 is 1.19 bits per heavy atom. The van der Waals surface area contributed by atoms with Gasteiger partial charge in [-0.2, -0.15) is 0 Å². The molecule has 0 radical (unpaired) electrons. The van der Waals surface area contributed by atoms with E-state index >= 15 is 0 Å². The Morgan fingerprint density at radius 2 is 1.90 bits per heavy atom. The van der Waals surface area contributed by atoms with Gasteiger partial charge >= 0.3 is 0 Å². The molecule has 1 fully saturated rings. The standard InChI is InChI=1S/C14H13Cl2NO4/c1-6-11(18)12(19)14(21-6)17-5-4-7-2-3-8(15)10(16)9(7)13(17)20/h2-6,11-12,14,18-19H,1H3. The van der Waals surface area contributed by atoms with Gasteiger partial charge in [0.05, 0.1) is 21.5 Å². The third kappa shape index (κ3) is 2.25. The Hall–Kier alpha value is -1.11. The number of ether oxygens (including phenoxy) is 1. The molecule has 1 aliphatic rings. The van der Waals surface area contributed by atoms with Crippen LogP contribution in [-0.2, 0) is 4.74 Å². The lowest BCUT2D eigenvalue weighted by molar-refractivity contribution is -0.0339. The van der Waals surface area contributed by atoms with Crippen LogP contribution in [0.5, 0.6) is 0 Å². The molecule has 2 aromatic rings. The maximum Gasteiger partial charge on any atom is 0.262 e. The van der Waals surface area contributed by atoms with Crippen molar-refractivity contribution < 1.29 is 14.9 Å². The zero-order valence-electron chi connectivity index (χ0n) is 11.0. The molecule has 0 spiro atoms. The van der Waals surface area contributed by atoms with E-state index in [1.165, 1.54) is 10.8 Å². The number of fused-ring (bicyclic) bond motifs is 1. The van der Waals surface area contributed by atoms with Gasteiger partial charge < -0.3 is 14.9 Å². The van der Waals surface area contributed by atoms with Crippen LogP contribution in [0.25, 0.3) is 10.8 Å². The molecule has 7 heteroatoms. The molecule has 21 heavy (non-hydrogen) atoms. The normalized spacial score (nSPS) is 29.2. The molecule has 3 rings (SSSR count). The van der Waals surface area contributed by atoms with Crippen molar-refractivity contribution in [3.05, 3.63) is 44.8 Å². The van der Waals surface area contributed by atoms with Gasteiger partial charge in [0.2, 0.25) is 0 Å². The number of aliphatic hydroxyl groups is 2. The molecule has 1 saturated heterocycles. The number of aromatic nitrogens is 1. The molecule has 1 aromatic heterocycles. The largest absolute Gasteiger partial charge is 0.388 e. The number of halogens is 2. The van der Waals surface area contributed by atoms with Gasteiger partial charge in [0.25, 0.3) is 5.56 Å². The summed E-state index contributed by atoms with van der Waals surface area (Å²) in [5.41, 5.74) is -0.426. The van der Waals surface area contributed by atoms with Crippen molar-refractivity contribution in [1.29, 1.82) is 0 Å². The quantitative estimate of drug-likeness (QED) is 0.838. The Labute approximate surface area is 130 Å². The first-order valence-electron chi connectivity index (χ1n) is 6.42. The molecule has 2 N–H and O–H groups in total. The molecular weight excluding hydrogens is 317 g/mol. The molecule has 0 saturated carbocycles. The molecule has 2 heterocycles. The summed E-state index contributed by atoms with van der Waals surface area (Å²) in [5.74, 6) is 0. The fourth-order valence-corrected chi connectivity index (χ4v) is 2.95. The van der Waals surface area contributed by atoms with Gasteiger partial charge in [-0.15, -0.1) is 0 Å². The van der Waals surface area contributed by atoms with Gasteiger partial charge in [0.1, 0.15) is 12.2 Å². The molecule has 112 valence electrons. The van der Waals surface area contributed by atoms with Crippen molar-refractivity contribution in [1.82, 2.24) is 4.57 Å². The first kappa shape index (κ1) is 14.8. The lowest BCUT2D eigenvalue weighted by Crippen LogP contribution is -2.34. The van der Waals surface area contributed by atoms with Crippen LogP contribution in [0.15, 0.2) is 29.2 Å². The number of pyridine rings is 1. The van der Waals surface area contributed by atoms with Crippen LogP contribution in [0, 0.1) is 0 Å². The minimum atomic E-state index is -1.19. The van der Waals surface area contributed by atoms with Gasteiger partial charge in [-0.3, -0.25) is 9.36 Å². The average Bonchev–Trinajstić information content (AvgIpc) is 2.71. The summed E-state index contributed by atoms with van der Waals surface area (Å²) in [5, 5.41) is 21.1. The third-order valence-corrected chi connectivity index (χ3v) is 4.55. The van der Waals surface area contributed by atoms with E-state index in [4.69, 9.17) is 27.9 Å². The van der Waals surface area contributed by atoms with E-state index in [0.29, 0.717) is 5.39 Å². The number of hydrogen-bond acceptors (Lipinski definition) is 4. The van der Waals surface area contributed by atoms with Crippen molar-refractivity contribution in [2.24, 2.45) is 0 Å². The molecule has 4 unspecified atom stereocenters. The van der Waals surface area contributed by atoms with Crippen LogP contribution in [0.1, 0.15) is 13.2 Å². The second-order valence-electron chi connectivity index (χ2n) is 5.07. The lowest BCUT2D eigenvalue weighted by Gasteiger charge is -2.18. The Morgan fingerprint density at radius 3 is 2.52 bits per heavy atom. The summed E-state index contributed by atoms with van der Waals surface area (Å²) in [6.45, 7) is 1.63. The molecule has 1 aliphatic heterocycles. The van der Waals surface area contributed by atoms with E-state index in [-0.39, 0.29) is 15.4 Å². The van der Waals surface area contributed by atoms with Gasteiger partial charge in [-0.25, -0.2) is 0 Å². The average molecular weight is 330 g/mol. The fourth-order valence-electron chi connectivity index (χ4n) is 2.54. The summed E-state index contributed by atoms with van der Waals surface area (Å²) < 4.78 is 6.68. The van der Waals surface area contributed by atoms with Crippen LogP contribution >= 0.6 is 23.2 Å². The lowest BCUT2D eigenvalue weighted by atomic mass is 10.1. The number of aliphatic hydroxyl groups excluding tert-OH is 2. The van der Waals surface area contributed by atoms with Gasteiger partial charge in [0.15, 0.2) is 6.23 Å². The van der Waals surface area contributed by atoms with Crippen LogP contribution in [0.4, 0.5) is 0 Å². The summed E-state index contributed by atoms with van der Waals surface area (Å²) in [7, 11) is 0. The van der Waals surface area contributed by atoms with E-state index < -0.39 is 30.1 Å². The summed E-state index contributed by atoms with van der Waals surface area (Å²) >= 11 is 12.1. The maximum absolute atomic E-state index is 12.6. The van der Waals surface area contributed by atoms with Gasteiger partial charge in [0, 0.05) is 6.20 Å². The van der Waals surface area contributed by atoms with Crippen molar-refractivity contribution in [3.8, 4) is 0 Å². The minimum Gasteiger partial charge on any atom is -0.388 e. The van der Waals surface area contributed by atoms with E-state index in [2.05, 4.69) is 0 Å². The highest BCUT2D eigenvalue weighted by Crippen LogP contribution is 2.31. The molecule has 0 bridgehead atoms. The number of nitrogens with zero attached hydrogens (tertiary/aromatic N) is 1. The van der Waals surface area contributed by atoms with E-state index in [1.54, 1.807) is 25.1 Å². The molecule has 1 aromatic carbocycles. The number of benzene rings is 1. The third-order valence-electron chi connectivity index (χ3n) is 3.74. The highest BCUT2D eigenvalue weighted by molar-refractivity contribution is 6.45. The predicted molar refractivity (Wildman–Crippen MR) is 79.8 cm³/mol. The van der Waals surface area contributed by atoms with Crippen molar-refractivity contribution >= 4 is 34.0 Å². The minimum absolute atomic E-state index is 0.162. The first-order chi connectivity index (χ1) is 9.91. The summed E-state index contributed by atoms with van der Waals surface area (Å²) in [6.07, 6.45) is -2.25. The monoisotopic (exact) mass is 329 g/mol. The SMILES string of the molecule is CC1OC(n2ccc3ccc(Cl)c(Cl)c3c2=O)C(O)C1O. The maximum atomic E-state index is 12.6. The fraction of sp³-hybridized carbons (Fsp3) is 0.357.